The standard InChI is InChI=1S/C14H18FN3S/c1-2-17-7-3-4-11(17)9-18-13-6-5-10(15)8-12(13)16-14(18)19/h5-6,8,11H,2-4,7,9H2,1H3,(H,16,19). The summed E-state index contributed by atoms with van der Waals surface area (Å²) in [5.74, 6) is -0.230. The third-order valence-corrected chi connectivity index (χ3v) is 4.36. The van der Waals surface area contributed by atoms with Crippen molar-refractivity contribution in [3.05, 3.63) is 28.8 Å². The van der Waals surface area contributed by atoms with Crippen LogP contribution in [0.4, 0.5) is 4.39 Å². The summed E-state index contributed by atoms with van der Waals surface area (Å²) in [5.41, 5.74) is 1.78. The largest absolute Gasteiger partial charge is 0.330 e. The third-order valence-electron chi connectivity index (χ3n) is 4.03. The number of likely N-dealkylation sites (tertiary alicyclic amines) is 1. The first-order valence-electron chi connectivity index (χ1n) is 6.81. The number of hydrogen-bond acceptors (Lipinski definition) is 2. The van der Waals surface area contributed by atoms with Crippen LogP contribution in [-0.4, -0.2) is 33.6 Å². The molecule has 2 heterocycles. The maximum absolute atomic E-state index is 13.2. The number of nitrogens with zero attached hydrogens (tertiary/aromatic N) is 2. The number of aromatic amines is 1. The van der Waals surface area contributed by atoms with Gasteiger partial charge < -0.3 is 9.55 Å². The lowest BCUT2D eigenvalue weighted by molar-refractivity contribution is 0.245. The Morgan fingerprint density at radius 1 is 1.47 bits per heavy atom. The molecule has 0 amide bonds. The van der Waals surface area contributed by atoms with E-state index in [0.29, 0.717) is 10.8 Å². The fourth-order valence-corrected chi connectivity index (χ4v) is 3.33. The first-order valence-corrected chi connectivity index (χ1v) is 7.22. The molecule has 1 unspecified atom stereocenters. The van der Waals surface area contributed by atoms with Crippen molar-refractivity contribution in [2.45, 2.75) is 32.4 Å². The molecule has 5 heteroatoms. The molecule has 0 saturated carbocycles. The molecule has 0 spiro atoms. The summed E-state index contributed by atoms with van der Waals surface area (Å²) < 4.78 is 16.0. The van der Waals surface area contributed by atoms with Crippen molar-refractivity contribution in [3.63, 3.8) is 0 Å². The van der Waals surface area contributed by atoms with E-state index in [1.807, 2.05) is 6.07 Å². The average molecular weight is 279 g/mol. The lowest BCUT2D eigenvalue weighted by atomic mass is 10.2. The Morgan fingerprint density at radius 2 is 2.32 bits per heavy atom. The first-order chi connectivity index (χ1) is 9.19. The summed E-state index contributed by atoms with van der Waals surface area (Å²) >= 11 is 5.37. The van der Waals surface area contributed by atoms with Crippen LogP contribution in [0.2, 0.25) is 0 Å². The van der Waals surface area contributed by atoms with Crippen LogP contribution in [0.5, 0.6) is 0 Å². The minimum absolute atomic E-state index is 0.230. The molecule has 0 radical (unpaired) electrons. The van der Waals surface area contributed by atoms with Gasteiger partial charge in [-0.3, -0.25) is 4.90 Å². The third kappa shape index (κ3) is 2.32. The van der Waals surface area contributed by atoms with E-state index in [-0.39, 0.29) is 5.82 Å². The van der Waals surface area contributed by atoms with E-state index >= 15 is 0 Å². The lowest BCUT2D eigenvalue weighted by Crippen LogP contribution is -2.32. The zero-order chi connectivity index (χ0) is 13.4. The van der Waals surface area contributed by atoms with Crippen LogP contribution in [0.1, 0.15) is 19.8 Å². The number of benzene rings is 1. The van der Waals surface area contributed by atoms with Crippen molar-refractivity contribution in [2.75, 3.05) is 13.1 Å². The summed E-state index contributed by atoms with van der Waals surface area (Å²) in [4.78, 5) is 5.58. The van der Waals surface area contributed by atoms with Crippen molar-refractivity contribution in [2.24, 2.45) is 0 Å². The summed E-state index contributed by atoms with van der Waals surface area (Å²) in [6.45, 7) is 5.33. The van der Waals surface area contributed by atoms with E-state index in [9.17, 15) is 4.39 Å². The quantitative estimate of drug-likeness (QED) is 0.871. The highest BCUT2D eigenvalue weighted by Gasteiger charge is 2.24. The molecule has 0 bridgehead atoms. The molecule has 1 N–H and O–H groups in total. The van der Waals surface area contributed by atoms with Gasteiger partial charge >= 0.3 is 0 Å². The molecule has 102 valence electrons. The van der Waals surface area contributed by atoms with E-state index in [1.54, 1.807) is 0 Å². The molecule has 2 aromatic rings. The number of likely N-dealkylation sites (N-methyl/N-ethyl adjacent to an activating group) is 1. The Hall–Kier alpha value is -1.20. The zero-order valence-corrected chi connectivity index (χ0v) is 11.8. The van der Waals surface area contributed by atoms with E-state index in [4.69, 9.17) is 12.2 Å². The number of nitrogens with one attached hydrogen (secondary N) is 1. The molecule has 1 aliphatic rings. The van der Waals surface area contributed by atoms with E-state index in [0.717, 1.165) is 24.1 Å². The van der Waals surface area contributed by atoms with Gasteiger partial charge in [0.2, 0.25) is 0 Å². The number of halogens is 1. The zero-order valence-electron chi connectivity index (χ0n) is 11.0. The second-order valence-electron chi connectivity index (χ2n) is 5.13. The van der Waals surface area contributed by atoms with Gasteiger partial charge in [-0.25, -0.2) is 4.39 Å². The Morgan fingerprint density at radius 3 is 3.11 bits per heavy atom. The smallest absolute Gasteiger partial charge is 0.178 e. The topological polar surface area (TPSA) is 24.0 Å². The summed E-state index contributed by atoms with van der Waals surface area (Å²) in [6, 6.07) is 5.35. The Balaban J connectivity index is 1.96. The van der Waals surface area contributed by atoms with E-state index < -0.39 is 0 Å². The molecule has 1 saturated heterocycles. The fraction of sp³-hybridized carbons (Fsp3) is 0.500. The number of aromatic nitrogens is 2. The second kappa shape index (κ2) is 5.06. The van der Waals surface area contributed by atoms with Gasteiger partial charge in [-0.1, -0.05) is 6.92 Å². The van der Waals surface area contributed by atoms with Crippen LogP contribution in [0.15, 0.2) is 18.2 Å². The lowest BCUT2D eigenvalue weighted by Gasteiger charge is -2.23. The fourth-order valence-electron chi connectivity index (χ4n) is 3.05. The highest BCUT2D eigenvalue weighted by Crippen LogP contribution is 2.22. The maximum atomic E-state index is 13.2. The van der Waals surface area contributed by atoms with Crippen LogP contribution in [0, 0.1) is 10.6 Å². The molecule has 1 aromatic heterocycles. The molecule has 19 heavy (non-hydrogen) atoms. The van der Waals surface area contributed by atoms with Gasteiger partial charge in [0.1, 0.15) is 5.82 Å². The van der Waals surface area contributed by atoms with Gasteiger partial charge in [-0.2, -0.15) is 0 Å². The maximum Gasteiger partial charge on any atom is 0.178 e. The van der Waals surface area contributed by atoms with Gasteiger partial charge in [0.15, 0.2) is 4.77 Å². The molecule has 0 aliphatic carbocycles. The monoisotopic (exact) mass is 279 g/mol. The van der Waals surface area contributed by atoms with Crippen molar-refractivity contribution >= 4 is 23.3 Å². The molecular formula is C14H18FN3S. The molecule has 3 rings (SSSR count). The van der Waals surface area contributed by atoms with Crippen LogP contribution in [-0.2, 0) is 6.54 Å². The predicted octanol–water partition coefficient (Wildman–Crippen LogP) is 3.32. The highest BCUT2D eigenvalue weighted by molar-refractivity contribution is 7.71. The minimum atomic E-state index is -0.230. The second-order valence-corrected chi connectivity index (χ2v) is 5.51. The van der Waals surface area contributed by atoms with Crippen LogP contribution >= 0.6 is 12.2 Å². The highest BCUT2D eigenvalue weighted by atomic mass is 32.1. The van der Waals surface area contributed by atoms with Crippen LogP contribution in [0.3, 0.4) is 0 Å². The number of hydrogen-bond donors (Lipinski definition) is 1. The Kier molecular flexibility index (Phi) is 3.41. The first kappa shape index (κ1) is 12.8. The number of rotatable bonds is 3. The molecule has 1 atom stereocenters. The summed E-state index contributed by atoms with van der Waals surface area (Å²) in [7, 11) is 0. The van der Waals surface area contributed by atoms with Crippen molar-refractivity contribution in [3.8, 4) is 0 Å². The average Bonchev–Trinajstić information content (AvgIpc) is 2.95. The molecule has 1 aliphatic heterocycles. The number of imidazole rings is 1. The van der Waals surface area contributed by atoms with Crippen molar-refractivity contribution in [1.82, 2.24) is 14.5 Å². The van der Waals surface area contributed by atoms with Crippen LogP contribution < -0.4 is 0 Å². The SMILES string of the molecule is CCN1CCCC1Cn1c(=S)[nH]c2cc(F)ccc21. The Bertz CT molecular complexity index is 646. The molecule has 1 fully saturated rings. The molecular weight excluding hydrogens is 261 g/mol. The van der Waals surface area contributed by atoms with Gasteiger partial charge in [0, 0.05) is 12.6 Å². The van der Waals surface area contributed by atoms with Gasteiger partial charge in [-0.05, 0) is 56.3 Å². The van der Waals surface area contributed by atoms with Gasteiger partial charge in [-0.15, -0.1) is 0 Å². The van der Waals surface area contributed by atoms with Crippen molar-refractivity contribution in [1.29, 1.82) is 0 Å². The minimum Gasteiger partial charge on any atom is -0.330 e. The van der Waals surface area contributed by atoms with E-state index in [2.05, 4.69) is 21.4 Å². The van der Waals surface area contributed by atoms with Crippen molar-refractivity contribution < 1.29 is 4.39 Å². The van der Waals surface area contributed by atoms with E-state index in [1.165, 1.54) is 31.5 Å². The van der Waals surface area contributed by atoms with Gasteiger partial charge in [0.25, 0.3) is 0 Å². The normalized spacial score (nSPS) is 20.4. The summed E-state index contributed by atoms with van der Waals surface area (Å²) in [6.07, 6.45) is 2.46. The Labute approximate surface area is 117 Å². The number of fused-ring (bicyclic) bond motifs is 1. The molecule has 3 nitrogen and oxygen atoms in total. The predicted molar refractivity (Wildman–Crippen MR) is 77.3 cm³/mol. The summed E-state index contributed by atoms with van der Waals surface area (Å²) in [5, 5.41) is 0. The number of H-pyrrole nitrogens is 1. The molecule has 1 aromatic carbocycles. The van der Waals surface area contributed by atoms with Gasteiger partial charge in [0.05, 0.1) is 11.0 Å². The van der Waals surface area contributed by atoms with Crippen LogP contribution in [0.25, 0.3) is 11.0 Å².